The van der Waals surface area contributed by atoms with Gasteiger partial charge in [0, 0.05) is 0 Å². The Balaban J connectivity index is 2.10. The van der Waals surface area contributed by atoms with Crippen molar-refractivity contribution in [1.29, 1.82) is 0 Å². The minimum absolute atomic E-state index is 0.220. The molecule has 2 aromatic carbocycles. The summed E-state index contributed by atoms with van der Waals surface area (Å²) in [5, 5.41) is 10.2. The van der Waals surface area contributed by atoms with E-state index in [2.05, 4.69) is 4.99 Å². The fourth-order valence-corrected chi connectivity index (χ4v) is 3.36. The number of benzene rings is 2. The Morgan fingerprint density at radius 3 is 2.09 bits per heavy atom. The topological polar surface area (TPSA) is 52.9 Å². The summed E-state index contributed by atoms with van der Waals surface area (Å²) < 4.78 is 0. The highest BCUT2D eigenvalue weighted by Gasteiger charge is 2.41. The quantitative estimate of drug-likeness (QED) is 0.905. The van der Waals surface area contributed by atoms with Crippen LogP contribution in [-0.4, -0.2) is 27.5 Å². The molecule has 0 aliphatic carbocycles. The van der Waals surface area contributed by atoms with E-state index in [0.29, 0.717) is 5.17 Å². The molecule has 0 aromatic heterocycles. The average molecular weight is 312 g/mol. The summed E-state index contributed by atoms with van der Waals surface area (Å²) in [7, 11) is 0. The lowest BCUT2D eigenvalue weighted by molar-refractivity contribution is 0.157. The van der Waals surface area contributed by atoms with Gasteiger partial charge in [0.25, 0.3) is 0 Å². The van der Waals surface area contributed by atoms with E-state index in [1.54, 1.807) is 0 Å². The molecular weight excluding hydrogens is 296 g/mol. The van der Waals surface area contributed by atoms with Crippen molar-refractivity contribution in [3.63, 3.8) is 0 Å². The molecule has 0 saturated heterocycles. The Kier molecular flexibility index (Phi) is 4.15. The number of hydrogen-bond acceptors (Lipinski definition) is 3. The van der Waals surface area contributed by atoms with E-state index in [1.165, 1.54) is 16.7 Å². The summed E-state index contributed by atoms with van der Waals surface area (Å²) in [5.74, 6) is 0. The number of carbonyl (C=O) groups is 1. The summed E-state index contributed by atoms with van der Waals surface area (Å²) in [6.07, 6.45) is 0.880. The molecule has 3 rings (SSSR count). The third kappa shape index (κ3) is 2.60. The van der Waals surface area contributed by atoms with E-state index < -0.39 is 6.09 Å². The maximum Gasteiger partial charge on any atom is 0.414 e. The number of aliphatic imine (C=N–C) groups is 1. The largest absolute Gasteiger partial charge is 0.465 e. The highest BCUT2D eigenvalue weighted by molar-refractivity contribution is 8.13. The molecule has 1 heterocycles. The van der Waals surface area contributed by atoms with Crippen molar-refractivity contribution in [1.82, 2.24) is 4.90 Å². The molecule has 2 aromatic rings. The zero-order chi connectivity index (χ0) is 15.5. The zero-order valence-corrected chi connectivity index (χ0v) is 12.9. The Morgan fingerprint density at radius 2 is 1.59 bits per heavy atom. The number of rotatable bonds is 2. The van der Waals surface area contributed by atoms with Crippen molar-refractivity contribution in [3.8, 4) is 0 Å². The molecule has 1 amide bonds. The fourth-order valence-electron chi connectivity index (χ4n) is 2.75. The third-order valence-corrected chi connectivity index (χ3v) is 4.37. The van der Waals surface area contributed by atoms with E-state index in [0.717, 1.165) is 11.1 Å². The Morgan fingerprint density at radius 1 is 1.05 bits per heavy atom. The normalized spacial score (nSPS) is 20.8. The first-order valence-electron chi connectivity index (χ1n) is 6.96. The maximum atomic E-state index is 11.8. The standard InChI is InChI=1S/C17H16N2O2S/c1-22-16-18-14(12-8-4-2-5-9-12)15(19(16)17(20)21)13-10-6-3-7-11-13/h2-11,14-15H,1H3,(H,20,21)/t14-,15+/m0/s1. The van der Waals surface area contributed by atoms with Crippen LogP contribution in [0.15, 0.2) is 65.7 Å². The SMILES string of the molecule is CSC1=N[C@@H](c2ccccc2)[C@@H](c2ccccc2)N1C(=O)O. The average Bonchev–Trinajstić information content (AvgIpc) is 2.96. The van der Waals surface area contributed by atoms with Crippen molar-refractivity contribution >= 4 is 23.0 Å². The molecule has 4 nitrogen and oxygen atoms in total. The van der Waals surface area contributed by atoms with Crippen LogP contribution in [0.4, 0.5) is 4.79 Å². The lowest BCUT2D eigenvalue weighted by Gasteiger charge is -2.26. The number of nitrogens with zero attached hydrogens (tertiary/aromatic N) is 2. The van der Waals surface area contributed by atoms with E-state index in [4.69, 9.17) is 0 Å². The van der Waals surface area contributed by atoms with Gasteiger partial charge < -0.3 is 5.11 Å². The molecule has 0 radical (unpaired) electrons. The zero-order valence-electron chi connectivity index (χ0n) is 12.1. The molecule has 1 N–H and O–H groups in total. The first kappa shape index (κ1) is 14.7. The van der Waals surface area contributed by atoms with E-state index in [1.807, 2.05) is 66.9 Å². The van der Waals surface area contributed by atoms with Crippen molar-refractivity contribution < 1.29 is 9.90 Å². The monoisotopic (exact) mass is 312 g/mol. The van der Waals surface area contributed by atoms with Crippen LogP contribution in [0, 0.1) is 0 Å². The van der Waals surface area contributed by atoms with E-state index in [-0.39, 0.29) is 12.1 Å². The number of hydrogen-bond donors (Lipinski definition) is 1. The molecule has 0 saturated carbocycles. The van der Waals surface area contributed by atoms with Gasteiger partial charge in [-0.15, -0.1) is 0 Å². The summed E-state index contributed by atoms with van der Waals surface area (Å²) in [6, 6.07) is 19.0. The van der Waals surface area contributed by atoms with Crippen LogP contribution >= 0.6 is 11.8 Å². The van der Waals surface area contributed by atoms with Gasteiger partial charge in [0.15, 0.2) is 5.17 Å². The van der Waals surface area contributed by atoms with Crippen LogP contribution < -0.4 is 0 Å². The summed E-state index contributed by atoms with van der Waals surface area (Å²) >= 11 is 1.36. The van der Waals surface area contributed by atoms with Gasteiger partial charge in [-0.3, -0.25) is 4.99 Å². The summed E-state index contributed by atoms with van der Waals surface area (Å²) in [5.41, 5.74) is 1.97. The minimum atomic E-state index is -0.972. The van der Waals surface area contributed by atoms with Gasteiger partial charge in [-0.1, -0.05) is 72.4 Å². The van der Waals surface area contributed by atoms with E-state index >= 15 is 0 Å². The Bertz CT molecular complexity index is 688. The molecule has 1 aliphatic heterocycles. The smallest absolute Gasteiger partial charge is 0.414 e. The third-order valence-electron chi connectivity index (χ3n) is 3.70. The second-order valence-corrected chi connectivity index (χ2v) is 5.75. The predicted octanol–water partition coefficient (Wildman–Crippen LogP) is 4.18. The van der Waals surface area contributed by atoms with Gasteiger partial charge in [0.2, 0.25) is 0 Å². The molecular formula is C17H16N2O2S. The molecule has 22 heavy (non-hydrogen) atoms. The van der Waals surface area contributed by atoms with Crippen LogP contribution in [0.5, 0.6) is 0 Å². The van der Waals surface area contributed by atoms with Crippen molar-refractivity contribution in [2.45, 2.75) is 12.1 Å². The van der Waals surface area contributed by atoms with Crippen LogP contribution in [-0.2, 0) is 0 Å². The first-order chi connectivity index (χ1) is 10.7. The van der Waals surface area contributed by atoms with Gasteiger partial charge in [0.1, 0.15) is 6.04 Å². The molecule has 1 aliphatic rings. The highest BCUT2D eigenvalue weighted by atomic mass is 32.2. The van der Waals surface area contributed by atoms with Crippen LogP contribution in [0.25, 0.3) is 0 Å². The second-order valence-electron chi connectivity index (χ2n) is 4.98. The van der Waals surface area contributed by atoms with Crippen molar-refractivity contribution in [2.24, 2.45) is 4.99 Å². The molecule has 0 fully saturated rings. The molecule has 0 spiro atoms. The Hall–Kier alpha value is -2.27. The van der Waals surface area contributed by atoms with Gasteiger partial charge in [-0.05, 0) is 17.4 Å². The molecule has 0 unspecified atom stereocenters. The predicted molar refractivity (Wildman–Crippen MR) is 89.2 cm³/mol. The lowest BCUT2D eigenvalue weighted by atomic mass is 9.94. The lowest BCUT2D eigenvalue weighted by Crippen LogP contribution is -2.34. The fraction of sp³-hybridized carbons (Fsp3) is 0.176. The van der Waals surface area contributed by atoms with Crippen LogP contribution in [0.2, 0.25) is 0 Å². The maximum absolute atomic E-state index is 11.8. The number of amidine groups is 1. The van der Waals surface area contributed by atoms with Crippen molar-refractivity contribution in [2.75, 3.05) is 6.26 Å². The second kappa shape index (κ2) is 6.23. The van der Waals surface area contributed by atoms with Crippen LogP contribution in [0.1, 0.15) is 23.2 Å². The van der Waals surface area contributed by atoms with Gasteiger partial charge in [-0.25, -0.2) is 9.69 Å². The summed E-state index contributed by atoms with van der Waals surface area (Å²) in [6.45, 7) is 0. The molecule has 2 atom stereocenters. The Labute approximate surface area is 133 Å². The van der Waals surface area contributed by atoms with Crippen LogP contribution in [0.3, 0.4) is 0 Å². The highest BCUT2D eigenvalue weighted by Crippen LogP contribution is 2.43. The first-order valence-corrected chi connectivity index (χ1v) is 8.18. The molecule has 112 valence electrons. The molecule has 5 heteroatoms. The number of amides is 1. The van der Waals surface area contributed by atoms with Gasteiger partial charge in [0.05, 0.1) is 6.04 Å². The number of thioether (sulfide) groups is 1. The molecule has 0 bridgehead atoms. The summed E-state index contributed by atoms with van der Waals surface area (Å²) in [4.78, 5) is 17.8. The van der Waals surface area contributed by atoms with Gasteiger partial charge >= 0.3 is 6.09 Å². The van der Waals surface area contributed by atoms with Gasteiger partial charge in [-0.2, -0.15) is 0 Å². The van der Waals surface area contributed by atoms with Crippen molar-refractivity contribution in [3.05, 3.63) is 71.8 Å². The van der Waals surface area contributed by atoms with E-state index in [9.17, 15) is 9.90 Å². The minimum Gasteiger partial charge on any atom is -0.465 e. The number of carboxylic acid groups (broad SMARTS) is 1.